The van der Waals surface area contributed by atoms with Gasteiger partial charge in [-0.2, -0.15) is 0 Å². The largest absolute Gasteiger partial charge is 0.508 e. The van der Waals surface area contributed by atoms with Crippen molar-refractivity contribution < 1.29 is 29.3 Å². The molecule has 2 N–H and O–H groups in total. The van der Waals surface area contributed by atoms with Gasteiger partial charge in [0.2, 0.25) is 0 Å². The van der Waals surface area contributed by atoms with Gasteiger partial charge < -0.3 is 14.9 Å². The zero-order chi connectivity index (χ0) is 20.3. The summed E-state index contributed by atoms with van der Waals surface area (Å²) in [5.74, 6) is -1.24. The number of carboxylic acid groups (broad SMARTS) is 1. The number of ether oxygens (including phenoxy) is 1. The Labute approximate surface area is 165 Å². The molecule has 2 aromatic rings. The third-order valence-corrected chi connectivity index (χ3v) is 4.89. The number of nitrogens with zero attached hydrogens (tertiary/aromatic N) is 1. The number of hydrogen-bond donors (Lipinski definition) is 2. The van der Waals surface area contributed by atoms with Crippen LogP contribution in [-0.4, -0.2) is 33.4 Å². The predicted molar refractivity (Wildman–Crippen MR) is 105 cm³/mol. The van der Waals surface area contributed by atoms with Crippen LogP contribution in [-0.2, 0) is 9.59 Å². The van der Waals surface area contributed by atoms with Gasteiger partial charge in [-0.1, -0.05) is 25.1 Å². The first-order valence-corrected chi connectivity index (χ1v) is 9.28. The first-order valence-electron chi connectivity index (χ1n) is 8.46. The van der Waals surface area contributed by atoms with E-state index in [0.29, 0.717) is 17.0 Å². The normalized spacial score (nSPS) is 16.5. The van der Waals surface area contributed by atoms with E-state index in [0.717, 1.165) is 16.7 Å². The standard InChI is InChI=1S/C20H17NO6S/c1-2-15(19(24)25)27-16-6-4-3-5-12(16)11-17-18(23)21(20(26)28-17)13-7-9-14(22)10-8-13/h3-11,15,22H,2H2,1H3,(H,24,25)/b17-11+. The summed E-state index contributed by atoms with van der Waals surface area (Å²) in [6.45, 7) is 1.70. The Morgan fingerprint density at radius 1 is 1.18 bits per heavy atom. The van der Waals surface area contributed by atoms with Gasteiger partial charge in [0.25, 0.3) is 11.1 Å². The minimum atomic E-state index is -1.08. The zero-order valence-electron chi connectivity index (χ0n) is 14.9. The van der Waals surface area contributed by atoms with Crippen molar-refractivity contribution in [3.8, 4) is 11.5 Å². The molecule has 7 nitrogen and oxygen atoms in total. The van der Waals surface area contributed by atoms with Crippen LogP contribution in [0.25, 0.3) is 6.08 Å². The smallest absolute Gasteiger partial charge is 0.344 e. The fourth-order valence-electron chi connectivity index (χ4n) is 2.60. The Morgan fingerprint density at radius 2 is 1.86 bits per heavy atom. The summed E-state index contributed by atoms with van der Waals surface area (Å²) >= 11 is 0.779. The van der Waals surface area contributed by atoms with Crippen molar-refractivity contribution in [1.29, 1.82) is 0 Å². The average molecular weight is 399 g/mol. The third kappa shape index (κ3) is 4.01. The number of phenolic OH excluding ortho intramolecular Hbond substituents is 1. The van der Waals surface area contributed by atoms with Crippen LogP contribution >= 0.6 is 11.8 Å². The molecule has 1 unspecified atom stereocenters. The summed E-state index contributed by atoms with van der Waals surface area (Å²) in [5, 5.41) is 18.1. The fourth-order valence-corrected chi connectivity index (χ4v) is 3.43. The highest BCUT2D eigenvalue weighted by atomic mass is 32.2. The number of carbonyl (C=O) groups is 3. The SMILES string of the molecule is CCC(Oc1ccccc1/C=C1/SC(=O)N(c2ccc(O)cc2)C1=O)C(=O)O. The maximum absolute atomic E-state index is 12.7. The van der Waals surface area contributed by atoms with E-state index in [9.17, 15) is 24.6 Å². The number of amides is 2. The Bertz CT molecular complexity index is 953. The minimum Gasteiger partial charge on any atom is -0.508 e. The molecule has 8 heteroatoms. The second-order valence-electron chi connectivity index (χ2n) is 5.92. The van der Waals surface area contributed by atoms with Gasteiger partial charge in [0.1, 0.15) is 11.5 Å². The summed E-state index contributed by atoms with van der Waals surface area (Å²) in [6.07, 6.45) is 0.776. The number of carboxylic acids is 1. The molecule has 1 heterocycles. The Hall–Kier alpha value is -3.26. The molecular weight excluding hydrogens is 382 g/mol. The van der Waals surface area contributed by atoms with Crippen LogP contribution in [0.3, 0.4) is 0 Å². The fraction of sp³-hybridized carbons (Fsp3) is 0.150. The molecular formula is C20H17NO6S. The van der Waals surface area contributed by atoms with E-state index >= 15 is 0 Å². The van der Waals surface area contributed by atoms with Gasteiger partial charge >= 0.3 is 5.97 Å². The van der Waals surface area contributed by atoms with Crippen LogP contribution in [0.1, 0.15) is 18.9 Å². The lowest BCUT2D eigenvalue weighted by Gasteiger charge is -2.15. The molecule has 1 atom stereocenters. The summed E-state index contributed by atoms with van der Waals surface area (Å²) in [4.78, 5) is 37.5. The molecule has 0 radical (unpaired) electrons. The molecule has 1 fully saturated rings. The maximum Gasteiger partial charge on any atom is 0.344 e. The highest BCUT2D eigenvalue weighted by Crippen LogP contribution is 2.37. The molecule has 144 valence electrons. The second-order valence-corrected chi connectivity index (χ2v) is 6.92. The van der Waals surface area contributed by atoms with E-state index in [-0.39, 0.29) is 17.1 Å². The van der Waals surface area contributed by atoms with Gasteiger partial charge in [0, 0.05) is 5.56 Å². The lowest BCUT2D eigenvalue weighted by atomic mass is 10.1. The van der Waals surface area contributed by atoms with Crippen LogP contribution in [0, 0.1) is 0 Å². The van der Waals surface area contributed by atoms with Gasteiger partial charge in [-0.05, 0) is 54.6 Å². The quantitative estimate of drug-likeness (QED) is 0.711. The molecule has 0 spiro atoms. The topological polar surface area (TPSA) is 104 Å². The monoisotopic (exact) mass is 399 g/mol. The molecule has 0 aromatic heterocycles. The molecule has 0 saturated carbocycles. The number of thioether (sulfide) groups is 1. The zero-order valence-corrected chi connectivity index (χ0v) is 15.7. The first kappa shape index (κ1) is 19.5. The Kier molecular flexibility index (Phi) is 5.70. The summed E-state index contributed by atoms with van der Waals surface area (Å²) < 4.78 is 5.56. The van der Waals surface area contributed by atoms with Gasteiger partial charge in [0.15, 0.2) is 6.10 Å². The number of anilines is 1. The van der Waals surface area contributed by atoms with Gasteiger partial charge in [-0.3, -0.25) is 9.59 Å². The number of hydrogen-bond acceptors (Lipinski definition) is 6. The van der Waals surface area contributed by atoms with Gasteiger partial charge in [-0.25, -0.2) is 9.69 Å². The number of para-hydroxylation sites is 1. The van der Waals surface area contributed by atoms with Crippen molar-refractivity contribution in [1.82, 2.24) is 0 Å². The number of rotatable bonds is 6. The average Bonchev–Trinajstić information content (AvgIpc) is 2.95. The summed E-state index contributed by atoms with van der Waals surface area (Å²) in [6, 6.07) is 12.5. The number of benzene rings is 2. The highest BCUT2D eigenvalue weighted by Gasteiger charge is 2.36. The minimum absolute atomic E-state index is 0.0289. The number of aliphatic carboxylic acids is 1. The van der Waals surface area contributed by atoms with Crippen molar-refractivity contribution >= 4 is 40.6 Å². The van der Waals surface area contributed by atoms with E-state index in [1.807, 2.05) is 0 Å². The number of carbonyl (C=O) groups excluding carboxylic acids is 2. The van der Waals surface area contributed by atoms with Gasteiger partial charge in [-0.15, -0.1) is 0 Å². The molecule has 3 rings (SSSR count). The summed E-state index contributed by atoms with van der Waals surface area (Å²) in [5.41, 5.74) is 0.851. The summed E-state index contributed by atoms with van der Waals surface area (Å²) in [7, 11) is 0. The molecule has 0 bridgehead atoms. The number of phenols is 1. The van der Waals surface area contributed by atoms with Crippen LogP contribution in [0.4, 0.5) is 10.5 Å². The number of aromatic hydroxyl groups is 1. The van der Waals surface area contributed by atoms with E-state index in [2.05, 4.69) is 0 Å². The van der Waals surface area contributed by atoms with Crippen molar-refractivity contribution in [2.75, 3.05) is 4.90 Å². The molecule has 1 aliphatic heterocycles. The highest BCUT2D eigenvalue weighted by molar-refractivity contribution is 8.19. The van der Waals surface area contributed by atoms with Crippen molar-refractivity contribution in [3.63, 3.8) is 0 Å². The first-order chi connectivity index (χ1) is 13.4. The van der Waals surface area contributed by atoms with E-state index in [1.54, 1.807) is 31.2 Å². The van der Waals surface area contributed by atoms with Gasteiger partial charge in [0.05, 0.1) is 10.6 Å². The van der Waals surface area contributed by atoms with Crippen molar-refractivity contribution in [2.24, 2.45) is 0 Å². The lowest BCUT2D eigenvalue weighted by Crippen LogP contribution is -2.27. The second kappa shape index (κ2) is 8.18. The van der Waals surface area contributed by atoms with Crippen LogP contribution in [0.2, 0.25) is 0 Å². The van der Waals surface area contributed by atoms with Crippen LogP contribution in [0.5, 0.6) is 11.5 Å². The van der Waals surface area contributed by atoms with Crippen molar-refractivity contribution in [3.05, 3.63) is 59.0 Å². The molecule has 28 heavy (non-hydrogen) atoms. The van der Waals surface area contributed by atoms with E-state index in [1.165, 1.54) is 30.3 Å². The number of imide groups is 1. The van der Waals surface area contributed by atoms with E-state index < -0.39 is 23.2 Å². The molecule has 2 amide bonds. The lowest BCUT2D eigenvalue weighted by molar-refractivity contribution is -0.145. The third-order valence-electron chi connectivity index (χ3n) is 4.02. The molecule has 2 aromatic carbocycles. The van der Waals surface area contributed by atoms with Crippen LogP contribution in [0.15, 0.2) is 53.4 Å². The molecule has 1 saturated heterocycles. The van der Waals surface area contributed by atoms with Crippen molar-refractivity contribution in [2.45, 2.75) is 19.4 Å². The maximum atomic E-state index is 12.7. The predicted octanol–water partition coefficient (Wildman–Crippen LogP) is 3.88. The Balaban J connectivity index is 1.90. The van der Waals surface area contributed by atoms with Crippen LogP contribution < -0.4 is 9.64 Å². The molecule has 1 aliphatic rings. The molecule has 0 aliphatic carbocycles. The Morgan fingerprint density at radius 3 is 2.50 bits per heavy atom. The van der Waals surface area contributed by atoms with E-state index in [4.69, 9.17) is 4.74 Å².